The van der Waals surface area contributed by atoms with Crippen LogP contribution in [0.4, 0.5) is 18.2 Å². The van der Waals surface area contributed by atoms with Gasteiger partial charge in [0.15, 0.2) is 5.78 Å². The van der Waals surface area contributed by atoms with Crippen LogP contribution in [-0.2, 0) is 12.6 Å². The van der Waals surface area contributed by atoms with Gasteiger partial charge >= 0.3 is 6.18 Å². The molecule has 0 aliphatic carbocycles. The number of hydrogen-bond donors (Lipinski definition) is 1. The Balaban J connectivity index is 2.08. The number of carbonyl (C=O) groups excluding carboxylic acids is 1. The van der Waals surface area contributed by atoms with Crippen molar-refractivity contribution in [3.8, 4) is 11.8 Å². The second-order valence-electron chi connectivity index (χ2n) is 8.55. The summed E-state index contributed by atoms with van der Waals surface area (Å²) in [6, 6.07) is 11.4. The fourth-order valence-corrected chi connectivity index (χ4v) is 4.24. The van der Waals surface area contributed by atoms with Crippen molar-refractivity contribution in [2.24, 2.45) is 5.41 Å². The zero-order valence-corrected chi connectivity index (χ0v) is 19.3. The Hall–Kier alpha value is -2.75. The molecule has 0 fully saturated rings. The van der Waals surface area contributed by atoms with Crippen molar-refractivity contribution >= 4 is 33.7 Å². The van der Waals surface area contributed by atoms with E-state index < -0.39 is 11.7 Å². The molecule has 0 radical (unpaired) electrons. The monoisotopic (exact) mass is 475 g/mol. The molecule has 1 aromatic heterocycles. The number of hydrogen-bond acceptors (Lipinski definition) is 3. The van der Waals surface area contributed by atoms with Crippen molar-refractivity contribution in [2.75, 3.05) is 5.73 Å². The van der Waals surface area contributed by atoms with E-state index in [2.05, 4.69) is 11.8 Å². The number of benzene rings is 2. The average molecular weight is 476 g/mol. The van der Waals surface area contributed by atoms with E-state index in [0.29, 0.717) is 38.0 Å². The number of carbonyl (C=O) groups is 1. The van der Waals surface area contributed by atoms with E-state index >= 15 is 0 Å². The van der Waals surface area contributed by atoms with Crippen LogP contribution in [0.5, 0.6) is 0 Å². The summed E-state index contributed by atoms with van der Waals surface area (Å²) in [4.78, 5) is 13.8. The molecule has 0 atom stereocenters. The van der Waals surface area contributed by atoms with Crippen molar-refractivity contribution in [1.82, 2.24) is 0 Å². The summed E-state index contributed by atoms with van der Waals surface area (Å²) in [5, 5.41) is 0.847. The smallest absolute Gasteiger partial charge is 0.390 e. The molecule has 32 heavy (non-hydrogen) atoms. The summed E-state index contributed by atoms with van der Waals surface area (Å²) in [7, 11) is 0. The van der Waals surface area contributed by atoms with E-state index in [0.717, 1.165) is 12.1 Å². The van der Waals surface area contributed by atoms with Gasteiger partial charge in [-0.25, -0.2) is 0 Å². The zero-order chi connectivity index (χ0) is 23.7. The predicted octanol–water partition coefficient (Wildman–Crippen LogP) is 7.22. The Morgan fingerprint density at radius 3 is 2.31 bits per heavy atom. The Morgan fingerprint density at radius 2 is 1.72 bits per heavy atom. The SMILES string of the molecule is CC(C)(C)Cc1c(C#Cc2cccc(C(F)(F)F)c2)sc(N)c1C(=O)c1ccc(Cl)cc1. The molecule has 0 saturated carbocycles. The molecule has 0 bridgehead atoms. The van der Waals surface area contributed by atoms with Gasteiger partial charge in [0.1, 0.15) is 0 Å². The van der Waals surface area contributed by atoms with Gasteiger partial charge in [-0.05, 0) is 59.9 Å². The minimum Gasteiger partial charge on any atom is -0.390 e. The fraction of sp³-hybridized carbons (Fsp3) is 0.240. The highest BCUT2D eigenvalue weighted by Crippen LogP contribution is 2.37. The summed E-state index contributed by atoms with van der Waals surface area (Å²) >= 11 is 7.10. The predicted molar refractivity (Wildman–Crippen MR) is 124 cm³/mol. The molecular weight excluding hydrogens is 455 g/mol. The first-order chi connectivity index (χ1) is 14.8. The van der Waals surface area contributed by atoms with Crippen LogP contribution in [0.25, 0.3) is 0 Å². The van der Waals surface area contributed by atoms with Gasteiger partial charge in [0.25, 0.3) is 0 Å². The van der Waals surface area contributed by atoms with Gasteiger partial charge in [-0.2, -0.15) is 13.2 Å². The normalized spacial score (nSPS) is 11.7. The molecule has 166 valence electrons. The molecule has 2 aromatic carbocycles. The summed E-state index contributed by atoms with van der Waals surface area (Å²) in [6.07, 6.45) is -3.91. The number of anilines is 1. The molecule has 2 nitrogen and oxygen atoms in total. The van der Waals surface area contributed by atoms with Crippen molar-refractivity contribution in [3.63, 3.8) is 0 Å². The maximum atomic E-state index is 13.2. The summed E-state index contributed by atoms with van der Waals surface area (Å²) in [5.74, 6) is 5.52. The van der Waals surface area contributed by atoms with Gasteiger partial charge in [-0.3, -0.25) is 4.79 Å². The molecule has 3 aromatic rings. The quantitative estimate of drug-likeness (QED) is 0.321. The highest BCUT2D eigenvalue weighted by Gasteiger charge is 2.30. The minimum absolute atomic E-state index is 0.171. The van der Waals surface area contributed by atoms with Crippen LogP contribution in [0, 0.1) is 17.3 Å². The molecule has 0 saturated heterocycles. The average Bonchev–Trinajstić information content (AvgIpc) is 2.99. The summed E-state index contributed by atoms with van der Waals surface area (Å²) < 4.78 is 39.0. The van der Waals surface area contributed by atoms with E-state index in [1.165, 1.54) is 23.5 Å². The van der Waals surface area contributed by atoms with Gasteiger partial charge in [0.05, 0.1) is 21.0 Å². The Bertz CT molecular complexity index is 1210. The van der Waals surface area contributed by atoms with Crippen LogP contribution in [0.1, 0.15) is 58.3 Å². The molecule has 0 aliphatic heterocycles. The molecule has 3 rings (SSSR count). The number of rotatable bonds is 3. The van der Waals surface area contributed by atoms with E-state index in [9.17, 15) is 18.0 Å². The van der Waals surface area contributed by atoms with Gasteiger partial charge in [0, 0.05) is 16.1 Å². The number of halogens is 4. The minimum atomic E-state index is -4.44. The first-order valence-corrected chi connectivity index (χ1v) is 11.0. The topological polar surface area (TPSA) is 43.1 Å². The van der Waals surface area contributed by atoms with Crippen molar-refractivity contribution in [2.45, 2.75) is 33.4 Å². The third-order valence-corrected chi connectivity index (χ3v) is 5.81. The van der Waals surface area contributed by atoms with Crippen molar-refractivity contribution in [3.05, 3.63) is 86.2 Å². The van der Waals surface area contributed by atoms with Crippen LogP contribution in [0.15, 0.2) is 48.5 Å². The van der Waals surface area contributed by atoms with Gasteiger partial charge in [-0.1, -0.05) is 50.3 Å². The van der Waals surface area contributed by atoms with Crippen LogP contribution < -0.4 is 5.73 Å². The standard InChI is InChI=1S/C25H21ClF3NOS/c1-24(2,3)14-19-20(12-7-15-5-4-6-17(13-15)25(27,28)29)32-23(30)21(19)22(31)16-8-10-18(26)11-9-16/h4-6,8-11,13H,14,30H2,1-3H3. The van der Waals surface area contributed by atoms with E-state index in [1.807, 2.05) is 20.8 Å². The number of nitrogens with two attached hydrogens (primary N) is 1. The first kappa shape index (κ1) is 23.9. The lowest BCUT2D eigenvalue weighted by Crippen LogP contribution is -2.14. The van der Waals surface area contributed by atoms with Gasteiger partial charge in [-0.15, -0.1) is 11.3 Å². The summed E-state index contributed by atoms with van der Waals surface area (Å²) in [6.45, 7) is 6.09. The lowest BCUT2D eigenvalue weighted by molar-refractivity contribution is -0.137. The fourth-order valence-electron chi connectivity index (χ4n) is 3.18. The lowest BCUT2D eigenvalue weighted by Gasteiger charge is -2.19. The number of alkyl halides is 3. The van der Waals surface area contributed by atoms with Crippen LogP contribution in [0.3, 0.4) is 0 Å². The third kappa shape index (κ3) is 5.73. The highest BCUT2D eigenvalue weighted by molar-refractivity contribution is 7.17. The highest BCUT2D eigenvalue weighted by atomic mass is 35.5. The van der Waals surface area contributed by atoms with Gasteiger partial charge in [0.2, 0.25) is 0 Å². The Morgan fingerprint density at radius 1 is 1.06 bits per heavy atom. The largest absolute Gasteiger partial charge is 0.416 e. The molecule has 0 amide bonds. The number of thiophene rings is 1. The molecule has 7 heteroatoms. The third-order valence-electron chi connectivity index (χ3n) is 4.59. The molecule has 0 unspecified atom stereocenters. The second-order valence-corrected chi connectivity index (χ2v) is 10.0. The van der Waals surface area contributed by atoms with E-state index in [-0.39, 0.29) is 16.8 Å². The maximum Gasteiger partial charge on any atom is 0.416 e. The molecule has 0 aliphatic rings. The molecule has 2 N–H and O–H groups in total. The maximum absolute atomic E-state index is 13.2. The van der Waals surface area contributed by atoms with Crippen molar-refractivity contribution < 1.29 is 18.0 Å². The van der Waals surface area contributed by atoms with E-state index in [4.69, 9.17) is 17.3 Å². The van der Waals surface area contributed by atoms with E-state index in [1.54, 1.807) is 24.3 Å². The molecule has 1 heterocycles. The first-order valence-electron chi connectivity index (χ1n) is 9.76. The molecular formula is C25H21ClF3NOS. The lowest BCUT2D eigenvalue weighted by atomic mass is 9.85. The van der Waals surface area contributed by atoms with Crippen LogP contribution >= 0.6 is 22.9 Å². The second kappa shape index (κ2) is 9.01. The van der Waals surface area contributed by atoms with Crippen molar-refractivity contribution in [1.29, 1.82) is 0 Å². The zero-order valence-electron chi connectivity index (χ0n) is 17.7. The van der Waals surface area contributed by atoms with Crippen LogP contribution in [0.2, 0.25) is 5.02 Å². The van der Waals surface area contributed by atoms with Gasteiger partial charge < -0.3 is 5.73 Å². The Labute approximate surface area is 194 Å². The number of nitrogen functional groups attached to an aromatic ring is 1. The number of ketones is 1. The van der Waals surface area contributed by atoms with Crippen LogP contribution in [-0.4, -0.2) is 5.78 Å². The molecule has 0 spiro atoms. The Kier molecular flexibility index (Phi) is 6.73. The summed E-state index contributed by atoms with van der Waals surface area (Å²) in [5.41, 5.74) is 7.09.